The number of hydrogen-bond acceptors (Lipinski definition) is 6. The Balaban J connectivity index is 1.25. The maximum Gasteiger partial charge on any atom is 0.199 e. The lowest BCUT2D eigenvalue weighted by Crippen LogP contribution is -2.51. The number of likely N-dealkylation sites (tertiary alicyclic amines) is 2. The first-order valence-electron chi connectivity index (χ1n) is 12.8. The van der Waals surface area contributed by atoms with Crippen LogP contribution >= 0.6 is 0 Å². The maximum atomic E-state index is 9.58. The first-order chi connectivity index (χ1) is 18.4. The highest BCUT2D eigenvalue weighted by molar-refractivity contribution is 6.03. The SMILES string of the molecule is N=C(NC(=N)N1CCCCC1)Nc1cccc(OC2CCCN(C(=N)NC(=N)Nc3cccc(O)c3)C2)c1. The summed E-state index contributed by atoms with van der Waals surface area (Å²) in [5, 5.41) is 53.9. The molecule has 2 heterocycles. The third-order valence-corrected chi connectivity index (χ3v) is 6.38. The van der Waals surface area contributed by atoms with Crippen molar-refractivity contribution in [3.05, 3.63) is 48.5 Å². The van der Waals surface area contributed by atoms with Crippen molar-refractivity contribution in [1.29, 1.82) is 21.6 Å². The van der Waals surface area contributed by atoms with Crippen molar-refractivity contribution in [2.45, 2.75) is 38.2 Å². The molecule has 1 unspecified atom stereocenters. The van der Waals surface area contributed by atoms with Gasteiger partial charge < -0.3 is 30.3 Å². The lowest BCUT2D eigenvalue weighted by molar-refractivity contribution is 0.123. The lowest BCUT2D eigenvalue weighted by Gasteiger charge is -2.34. The summed E-state index contributed by atoms with van der Waals surface area (Å²) in [4.78, 5) is 3.78. The minimum absolute atomic E-state index is 0.0304. The van der Waals surface area contributed by atoms with E-state index in [4.69, 9.17) is 26.4 Å². The van der Waals surface area contributed by atoms with Crippen LogP contribution in [0.15, 0.2) is 48.5 Å². The molecule has 0 saturated carbocycles. The zero-order valence-corrected chi connectivity index (χ0v) is 21.3. The van der Waals surface area contributed by atoms with Crippen LogP contribution in [0.2, 0.25) is 0 Å². The van der Waals surface area contributed by atoms with Crippen LogP contribution in [0.25, 0.3) is 0 Å². The Morgan fingerprint density at radius 1 is 0.763 bits per heavy atom. The van der Waals surface area contributed by atoms with Gasteiger partial charge in [0.2, 0.25) is 0 Å². The van der Waals surface area contributed by atoms with Crippen molar-refractivity contribution >= 4 is 35.2 Å². The van der Waals surface area contributed by atoms with Crippen LogP contribution in [-0.4, -0.2) is 71.0 Å². The Bertz CT molecular complexity index is 1160. The Morgan fingerprint density at radius 3 is 2.05 bits per heavy atom. The maximum absolute atomic E-state index is 9.58. The minimum atomic E-state index is -0.140. The largest absolute Gasteiger partial charge is 0.508 e. The number of guanidine groups is 4. The molecule has 2 fully saturated rings. The summed E-state index contributed by atoms with van der Waals surface area (Å²) >= 11 is 0. The standard InChI is InChI=1S/C26H36N10O2/c27-23(31-18-7-4-9-20(37)15-18)34-26(30)36-14-6-11-22(17-36)38-21-10-5-8-19(16-21)32-24(28)33-25(29)35-12-2-1-3-13-35/h4-5,7-10,15-16,22,37H,1-3,6,11-14,17H2,(H4,27,30,31,34)(H4,28,29,32,33). The molecule has 0 aliphatic carbocycles. The number of rotatable bonds is 4. The average molecular weight is 521 g/mol. The summed E-state index contributed by atoms with van der Waals surface area (Å²) in [5.41, 5.74) is 1.23. The smallest absolute Gasteiger partial charge is 0.199 e. The molecule has 1 atom stereocenters. The molecule has 2 aliphatic heterocycles. The van der Waals surface area contributed by atoms with Gasteiger partial charge >= 0.3 is 0 Å². The summed E-state index contributed by atoms with van der Waals surface area (Å²) in [6, 6.07) is 13.8. The van der Waals surface area contributed by atoms with Crippen LogP contribution in [0, 0.1) is 21.6 Å². The van der Waals surface area contributed by atoms with Crippen molar-refractivity contribution in [2.24, 2.45) is 0 Å². The molecule has 0 radical (unpaired) electrons. The number of nitrogens with zero attached hydrogens (tertiary/aromatic N) is 2. The molecule has 0 aromatic heterocycles. The Kier molecular flexibility index (Phi) is 8.85. The molecule has 12 nitrogen and oxygen atoms in total. The van der Waals surface area contributed by atoms with E-state index in [1.807, 2.05) is 34.1 Å². The van der Waals surface area contributed by atoms with E-state index in [2.05, 4.69) is 21.3 Å². The molecule has 0 amide bonds. The van der Waals surface area contributed by atoms with Crippen LogP contribution in [0.1, 0.15) is 32.1 Å². The number of ether oxygens (including phenoxy) is 1. The first-order valence-corrected chi connectivity index (χ1v) is 12.8. The fourth-order valence-electron chi connectivity index (χ4n) is 4.52. The highest BCUT2D eigenvalue weighted by Crippen LogP contribution is 2.22. The summed E-state index contributed by atoms with van der Waals surface area (Å²) < 4.78 is 6.20. The zero-order chi connectivity index (χ0) is 26.9. The predicted octanol–water partition coefficient (Wildman–Crippen LogP) is 3.16. The number of hydrogen-bond donors (Lipinski definition) is 9. The highest BCUT2D eigenvalue weighted by atomic mass is 16.5. The molecule has 38 heavy (non-hydrogen) atoms. The van der Waals surface area contributed by atoms with E-state index < -0.39 is 0 Å². The topological polar surface area (TPSA) is 179 Å². The van der Waals surface area contributed by atoms with E-state index in [0.29, 0.717) is 30.2 Å². The number of nitrogens with one attached hydrogen (secondary N) is 8. The number of aromatic hydroxyl groups is 1. The average Bonchev–Trinajstić information content (AvgIpc) is 2.89. The van der Waals surface area contributed by atoms with Crippen molar-refractivity contribution in [3.63, 3.8) is 0 Å². The third-order valence-electron chi connectivity index (χ3n) is 6.38. The lowest BCUT2D eigenvalue weighted by atomic mass is 10.1. The van der Waals surface area contributed by atoms with Gasteiger partial charge in [0, 0.05) is 43.1 Å². The van der Waals surface area contributed by atoms with E-state index in [1.165, 1.54) is 12.5 Å². The number of phenolic OH excluding ortho intramolecular Hbond substituents is 1. The van der Waals surface area contributed by atoms with Crippen LogP contribution in [-0.2, 0) is 0 Å². The molecular weight excluding hydrogens is 484 g/mol. The molecule has 2 aliphatic rings. The van der Waals surface area contributed by atoms with Gasteiger partial charge in [-0.05, 0) is 56.4 Å². The Labute approximate surface area is 222 Å². The quantitative estimate of drug-likeness (QED) is 0.218. The molecule has 202 valence electrons. The van der Waals surface area contributed by atoms with Gasteiger partial charge in [-0.1, -0.05) is 12.1 Å². The van der Waals surface area contributed by atoms with Crippen LogP contribution in [0.4, 0.5) is 11.4 Å². The third kappa shape index (κ3) is 7.76. The molecule has 2 saturated heterocycles. The number of anilines is 2. The molecule has 0 bridgehead atoms. The van der Waals surface area contributed by atoms with E-state index >= 15 is 0 Å². The highest BCUT2D eigenvalue weighted by Gasteiger charge is 2.24. The fourth-order valence-corrected chi connectivity index (χ4v) is 4.52. The molecule has 4 rings (SSSR count). The van der Waals surface area contributed by atoms with Crippen LogP contribution in [0.3, 0.4) is 0 Å². The van der Waals surface area contributed by atoms with Gasteiger partial charge in [0.05, 0.1) is 6.54 Å². The number of benzene rings is 2. The molecule has 2 aromatic rings. The summed E-state index contributed by atoms with van der Waals surface area (Å²) in [7, 11) is 0. The van der Waals surface area contributed by atoms with E-state index in [9.17, 15) is 5.11 Å². The second kappa shape index (κ2) is 12.7. The first kappa shape index (κ1) is 26.6. The van der Waals surface area contributed by atoms with Gasteiger partial charge in [-0.2, -0.15) is 0 Å². The number of phenols is 1. The molecule has 0 spiro atoms. The normalized spacial score (nSPS) is 17.2. The molecular formula is C26H36N10O2. The van der Waals surface area contributed by atoms with E-state index in [-0.39, 0.29) is 35.7 Å². The monoisotopic (exact) mass is 520 g/mol. The van der Waals surface area contributed by atoms with Crippen molar-refractivity contribution < 1.29 is 9.84 Å². The van der Waals surface area contributed by atoms with Gasteiger partial charge in [0.15, 0.2) is 23.8 Å². The summed E-state index contributed by atoms with van der Waals surface area (Å²) in [6.45, 7) is 2.85. The molecule has 9 N–H and O–H groups in total. The second-order valence-corrected chi connectivity index (χ2v) is 9.40. The second-order valence-electron chi connectivity index (χ2n) is 9.40. The van der Waals surface area contributed by atoms with E-state index in [0.717, 1.165) is 38.8 Å². The number of piperidine rings is 2. The Hall–Kier alpha value is -4.48. The van der Waals surface area contributed by atoms with Crippen molar-refractivity contribution in [3.8, 4) is 11.5 Å². The van der Waals surface area contributed by atoms with Crippen molar-refractivity contribution in [1.82, 2.24) is 20.4 Å². The van der Waals surface area contributed by atoms with Crippen LogP contribution < -0.4 is 26.0 Å². The van der Waals surface area contributed by atoms with Gasteiger partial charge in [-0.25, -0.2) is 0 Å². The predicted molar refractivity (Wildman–Crippen MR) is 150 cm³/mol. The minimum Gasteiger partial charge on any atom is -0.508 e. The van der Waals surface area contributed by atoms with Gasteiger partial charge in [0.25, 0.3) is 0 Å². The van der Waals surface area contributed by atoms with Crippen LogP contribution in [0.5, 0.6) is 11.5 Å². The fraction of sp³-hybridized carbons (Fsp3) is 0.385. The van der Waals surface area contributed by atoms with Gasteiger partial charge in [-0.15, -0.1) is 0 Å². The van der Waals surface area contributed by atoms with Crippen molar-refractivity contribution in [2.75, 3.05) is 36.8 Å². The molecule has 2 aromatic carbocycles. The molecule has 12 heteroatoms. The summed E-state index contributed by atoms with van der Waals surface area (Å²) in [6.07, 6.45) is 4.86. The zero-order valence-electron chi connectivity index (χ0n) is 21.3. The Morgan fingerprint density at radius 2 is 1.37 bits per heavy atom. The van der Waals surface area contributed by atoms with Gasteiger partial charge in [-0.3, -0.25) is 32.3 Å². The van der Waals surface area contributed by atoms with Gasteiger partial charge in [0.1, 0.15) is 17.6 Å². The van der Waals surface area contributed by atoms with E-state index in [1.54, 1.807) is 18.2 Å². The summed E-state index contributed by atoms with van der Waals surface area (Å²) in [5.74, 6) is 1.05.